The van der Waals surface area contributed by atoms with Gasteiger partial charge in [0.15, 0.2) is 6.61 Å². The molecule has 0 unspecified atom stereocenters. The lowest BCUT2D eigenvalue weighted by atomic mass is 10.1. The molecule has 2 aliphatic rings. The third-order valence-corrected chi connectivity index (χ3v) is 7.34. The average Bonchev–Trinajstić information content (AvgIpc) is 3.43. The molecule has 2 heterocycles. The van der Waals surface area contributed by atoms with Crippen LogP contribution in [0.4, 0.5) is 0 Å². The van der Waals surface area contributed by atoms with Gasteiger partial charge in [-0.3, -0.25) is 4.79 Å². The van der Waals surface area contributed by atoms with Gasteiger partial charge in [0, 0.05) is 32.4 Å². The smallest absolute Gasteiger partial charge is 0.355 e. The van der Waals surface area contributed by atoms with E-state index in [0.29, 0.717) is 4.90 Å². The van der Waals surface area contributed by atoms with E-state index in [1.54, 1.807) is 30.5 Å². The Morgan fingerprint density at radius 2 is 1.79 bits per heavy atom. The predicted octanol–water partition coefficient (Wildman–Crippen LogP) is 1.19. The summed E-state index contributed by atoms with van der Waals surface area (Å²) in [5, 5.41) is 0. The molecular formula is C20H23N3O5S. The van der Waals surface area contributed by atoms with E-state index in [4.69, 9.17) is 4.74 Å². The molecule has 0 saturated carbocycles. The molecule has 1 amide bonds. The Morgan fingerprint density at radius 1 is 1.03 bits per heavy atom. The molecule has 0 radical (unpaired) electrons. The number of aryl methyl sites for hydroxylation is 2. The summed E-state index contributed by atoms with van der Waals surface area (Å²) in [4.78, 5) is 28.7. The molecule has 1 aliphatic carbocycles. The van der Waals surface area contributed by atoms with Gasteiger partial charge in [0.25, 0.3) is 5.91 Å². The average molecular weight is 417 g/mol. The molecule has 0 spiro atoms. The number of carbonyl (C=O) groups is 2. The third kappa shape index (κ3) is 4.06. The molecule has 1 aromatic carbocycles. The summed E-state index contributed by atoms with van der Waals surface area (Å²) in [6.07, 6.45) is 4.58. The van der Waals surface area contributed by atoms with Crippen molar-refractivity contribution in [2.45, 2.75) is 24.2 Å². The molecule has 1 N–H and O–H groups in total. The van der Waals surface area contributed by atoms with Crippen molar-refractivity contribution in [3.05, 3.63) is 53.3 Å². The van der Waals surface area contributed by atoms with Crippen molar-refractivity contribution in [3.63, 3.8) is 0 Å². The third-order valence-electron chi connectivity index (χ3n) is 5.44. The van der Waals surface area contributed by atoms with Crippen LogP contribution in [-0.2, 0) is 32.4 Å². The molecule has 2 aromatic rings. The number of aromatic amines is 1. The van der Waals surface area contributed by atoms with Gasteiger partial charge in [-0.25, -0.2) is 13.2 Å². The van der Waals surface area contributed by atoms with Gasteiger partial charge < -0.3 is 14.6 Å². The Balaban J connectivity index is 1.32. The normalized spacial score (nSPS) is 17.2. The van der Waals surface area contributed by atoms with Crippen LogP contribution in [0.15, 0.2) is 41.4 Å². The Labute approximate surface area is 169 Å². The summed E-state index contributed by atoms with van der Waals surface area (Å²) in [5.74, 6) is -0.930. The zero-order valence-electron chi connectivity index (χ0n) is 16.0. The largest absolute Gasteiger partial charge is 0.451 e. The lowest BCUT2D eigenvalue weighted by Crippen LogP contribution is -2.51. The van der Waals surface area contributed by atoms with Crippen LogP contribution in [0.3, 0.4) is 0 Å². The number of sulfonamides is 1. The number of piperazine rings is 1. The van der Waals surface area contributed by atoms with E-state index in [1.165, 1.54) is 14.8 Å². The van der Waals surface area contributed by atoms with Gasteiger partial charge in [-0.05, 0) is 54.7 Å². The number of hydrogen-bond donors (Lipinski definition) is 1. The Hall–Kier alpha value is -2.65. The number of hydrogen-bond acceptors (Lipinski definition) is 5. The minimum absolute atomic E-state index is 0.218. The van der Waals surface area contributed by atoms with E-state index in [0.717, 1.165) is 24.8 Å². The standard InChI is InChI=1S/C20H23N3O5S/c24-19(14-28-20(25)18-5-2-8-21-18)22-9-11-23(12-10-22)29(26,27)17-7-6-15-3-1-4-16(15)13-17/h2,5-8,13,21H,1,3-4,9-12,14H2. The van der Waals surface area contributed by atoms with Crippen molar-refractivity contribution >= 4 is 21.9 Å². The summed E-state index contributed by atoms with van der Waals surface area (Å²) in [5.41, 5.74) is 2.63. The van der Waals surface area contributed by atoms with Gasteiger partial charge in [-0.15, -0.1) is 0 Å². The first kappa shape index (κ1) is 19.7. The zero-order chi connectivity index (χ0) is 20.4. The zero-order valence-corrected chi connectivity index (χ0v) is 16.8. The highest BCUT2D eigenvalue weighted by Gasteiger charge is 2.31. The quantitative estimate of drug-likeness (QED) is 0.737. The second kappa shape index (κ2) is 8.00. The van der Waals surface area contributed by atoms with E-state index in [1.807, 2.05) is 6.07 Å². The van der Waals surface area contributed by atoms with Crippen molar-refractivity contribution in [2.24, 2.45) is 0 Å². The molecule has 8 nitrogen and oxygen atoms in total. The van der Waals surface area contributed by atoms with Gasteiger partial charge in [0.05, 0.1) is 4.90 Å². The number of fused-ring (bicyclic) bond motifs is 1. The summed E-state index contributed by atoms with van der Waals surface area (Å²) in [6.45, 7) is 0.604. The molecule has 29 heavy (non-hydrogen) atoms. The number of nitrogens with one attached hydrogen (secondary N) is 1. The highest BCUT2D eigenvalue weighted by molar-refractivity contribution is 7.89. The summed E-state index contributed by atoms with van der Waals surface area (Å²) < 4.78 is 32.3. The first-order valence-electron chi connectivity index (χ1n) is 9.65. The first-order valence-corrected chi connectivity index (χ1v) is 11.1. The molecular weight excluding hydrogens is 394 g/mol. The highest BCUT2D eigenvalue weighted by Crippen LogP contribution is 2.26. The topological polar surface area (TPSA) is 99.8 Å². The molecule has 1 aromatic heterocycles. The lowest BCUT2D eigenvalue weighted by molar-refractivity contribution is -0.135. The predicted molar refractivity (Wildman–Crippen MR) is 105 cm³/mol. The van der Waals surface area contributed by atoms with Crippen molar-refractivity contribution < 1.29 is 22.7 Å². The maximum atomic E-state index is 13.0. The van der Waals surface area contributed by atoms with Gasteiger partial charge >= 0.3 is 5.97 Å². The number of rotatable bonds is 5. The molecule has 0 atom stereocenters. The second-order valence-corrected chi connectivity index (χ2v) is 9.17. The molecule has 154 valence electrons. The van der Waals surface area contributed by atoms with Crippen molar-refractivity contribution in [3.8, 4) is 0 Å². The number of H-pyrrole nitrogens is 1. The van der Waals surface area contributed by atoms with Crippen molar-refractivity contribution in [2.75, 3.05) is 32.8 Å². The Bertz CT molecular complexity index is 1010. The van der Waals surface area contributed by atoms with E-state index in [9.17, 15) is 18.0 Å². The lowest BCUT2D eigenvalue weighted by Gasteiger charge is -2.34. The van der Waals surface area contributed by atoms with E-state index in [-0.39, 0.29) is 44.4 Å². The summed E-state index contributed by atoms with van der Waals surface area (Å²) in [6, 6.07) is 8.61. The van der Waals surface area contributed by atoms with Gasteiger partial charge in [0.1, 0.15) is 5.69 Å². The Kier molecular flexibility index (Phi) is 5.42. The van der Waals surface area contributed by atoms with Crippen LogP contribution in [0.1, 0.15) is 28.0 Å². The molecule has 1 saturated heterocycles. The fraction of sp³-hybridized carbons (Fsp3) is 0.400. The maximum absolute atomic E-state index is 13.0. The fourth-order valence-electron chi connectivity index (χ4n) is 3.79. The maximum Gasteiger partial charge on any atom is 0.355 e. The van der Waals surface area contributed by atoms with E-state index >= 15 is 0 Å². The van der Waals surface area contributed by atoms with E-state index in [2.05, 4.69) is 4.98 Å². The number of ether oxygens (including phenoxy) is 1. The Morgan fingerprint density at radius 3 is 2.52 bits per heavy atom. The molecule has 9 heteroatoms. The van der Waals surface area contributed by atoms with Crippen LogP contribution < -0.4 is 0 Å². The minimum Gasteiger partial charge on any atom is -0.451 e. The van der Waals surface area contributed by atoms with Crippen LogP contribution in [0.25, 0.3) is 0 Å². The number of aromatic nitrogens is 1. The minimum atomic E-state index is -3.58. The highest BCUT2D eigenvalue weighted by atomic mass is 32.2. The second-order valence-electron chi connectivity index (χ2n) is 7.23. The number of nitrogens with zero attached hydrogens (tertiary/aromatic N) is 2. The first-order chi connectivity index (χ1) is 13.9. The van der Waals surface area contributed by atoms with Crippen LogP contribution in [0.2, 0.25) is 0 Å². The molecule has 1 aliphatic heterocycles. The number of carbonyl (C=O) groups excluding carboxylic acids is 2. The van der Waals surface area contributed by atoms with Crippen LogP contribution >= 0.6 is 0 Å². The summed E-state index contributed by atoms with van der Waals surface area (Å²) >= 11 is 0. The number of esters is 1. The molecule has 0 bridgehead atoms. The summed E-state index contributed by atoms with van der Waals surface area (Å²) in [7, 11) is -3.58. The van der Waals surface area contributed by atoms with Crippen LogP contribution in [0.5, 0.6) is 0 Å². The van der Waals surface area contributed by atoms with Crippen molar-refractivity contribution in [1.29, 1.82) is 0 Å². The van der Waals surface area contributed by atoms with E-state index < -0.39 is 16.0 Å². The van der Waals surface area contributed by atoms with Gasteiger partial charge in [-0.1, -0.05) is 6.07 Å². The van der Waals surface area contributed by atoms with Gasteiger partial charge in [-0.2, -0.15) is 4.31 Å². The van der Waals surface area contributed by atoms with Crippen LogP contribution in [-0.4, -0.2) is 67.3 Å². The van der Waals surface area contributed by atoms with Gasteiger partial charge in [0.2, 0.25) is 10.0 Å². The monoisotopic (exact) mass is 417 g/mol. The van der Waals surface area contributed by atoms with Crippen LogP contribution in [0, 0.1) is 0 Å². The SMILES string of the molecule is O=C(OCC(=O)N1CCN(S(=O)(=O)c2ccc3c(c2)CCC3)CC1)c1ccc[nH]1. The fourth-order valence-corrected chi connectivity index (χ4v) is 5.26. The molecule has 1 fully saturated rings. The van der Waals surface area contributed by atoms with Crippen molar-refractivity contribution in [1.82, 2.24) is 14.2 Å². The number of amides is 1. The number of benzene rings is 1. The molecule has 4 rings (SSSR count).